The molecule has 3 nitrogen and oxygen atoms in total. The number of carbonyl (C=O) groups excluding carboxylic acids is 1. The highest BCUT2D eigenvalue weighted by Crippen LogP contribution is 1.95. The van der Waals surface area contributed by atoms with Gasteiger partial charge in [0.15, 0.2) is 0 Å². The lowest BCUT2D eigenvalue weighted by Crippen LogP contribution is -3.00. The zero-order valence-electron chi connectivity index (χ0n) is 8.96. The van der Waals surface area contributed by atoms with Gasteiger partial charge in [0.2, 0.25) is 0 Å². The second-order valence-corrected chi connectivity index (χ2v) is 3.35. The molecule has 0 aromatic heterocycles. The van der Waals surface area contributed by atoms with Crippen LogP contribution in [-0.2, 0) is 9.53 Å². The quantitative estimate of drug-likeness (QED) is 0.325. The summed E-state index contributed by atoms with van der Waals surface area (Å²) in [7, 11) is 4.20. The first kappa shape index (κ1) is 19.3. The van der Waals surface area contributed by atoms with Crippen LogP contribution >= 0.6 is 12.4 Å². The zero-order valence-corrected chi connectivity index (χ0v) is 10.5. The van der Waals surface area contributed by atoms with Crippen LogP contribution in [-0.4, -0.2) is 44.2 Å². The summed E-state index contributed by atoms with van der Waals surface area (Å²) in [4.78, 5) is 10.6. The van der Waals surface area contributed by atoms with Gasteiger partial charge < -0.3 is 21.6 Å². The number of rotatable bonds is 5. The predicted molar refractivity (Wildman–Crippen MR) is 55.9 cm³/mol. The van der Waals surface area contributed by atoms with E-state index in [-0.39, 0.29) is 30.8 Å². The average Bonchev–Trinajstić information content (AvgIpc) is 2.04. The molecule has 0 fully saturated rings. The van der Waals surface area contributed by atoms with Gasteiger partial charge in [-0.05, 0) is 6.92 Å². The molecule has 0 atom stereocenters. The molecule has 0 saturated heterocycles. The molecular weight excluding hydrogens is 225 g/mol. The van der Waals surface area contributed by atoms with Crippen molar-refractivity contribution in [2.45, 2.75) is 6.92 Å². The molecule has 0 aromatic carbocycles. The summed E-state index contributed by atoms with van der Waals surface area (Å²) in [6.45, 7) is 7.76. The fraction of sp³-hybridized carbons (Fsp3) is 0.667. The Hall–Kier alpha value is -0.250. The maximum atomic E-state index is 10.6. The Morgan fingerprint density at radius 3 is 2.36 bits per heavy atom. The molecule has 0 rings (SSSR count). The molecule has 0 N–H and O–H groups in total. The first-order chi connectivity index (χ1) is 5.52. The van der Waals surface area contributed by atoms with Crippen LogP contribution in [0.5, 0.6) is 0 Å². The van der Waals surface area contributed by atoms with Crippen LogP contribution in [0.25, 0.3) is 0 Å². The molecule has 0 amide bonds. The third kappa shape index (κ3) is 9.84. The predicted octanol–water partition coefficient (Wildman–Crippen LogP) is -1.76. The van der Waals surface area contributed by atoms with Crippen LogP contribution in [0.3, 0.4) is 0 Å². The van der Waals surface area contributed by atoms with Crippen molar-refractivity contribution in [3.63, 3.8) is 0 Å². The summed E-state index contributed by atoms with van der Waals surface area (Å²) in [6, 6.07) is 0. The lowest BCUT2D eigenvalue weighted by atomic mass is 10.4. The summed E-state index contributed by atoms with van der Waals surface area (Å²) in [5, 5.41) is 0. The SMILES string of the molecule is C=CC(=O)OCC[N+](C)(C)CC.Cl.[Cl-]. The summed E-state index contributed by atoms with van der Waals surface area (Å²) < 4.78 is 5.72. The summed E-state index contributed by atoms with van der Waals surface area (Å²) in [5.41, 5.74) is 0. The number of carbonyl (C=O) groups is 1. The lowest BCUT2D eigenvalue weighted by molar-refractivity contribution is -0.888. The van der Waals surface area contributed by atoms with Gasteiger partial charge in [0.25, 0.3) is 0 Å². The molecule has 0 unspecified atom stereocenters. The number of nitrogens with zero attached hydrogens (tertiary/aromatic N) is 1. The molecule has 0 bridgehead atoms. The Morgan fingerprint density at radius 2 is 2.00 bits per heavy atom. The fourth-order valence-corrected chi connectivity index (χ4v) is 0.610. The highest BCUT2D eigenvalue weighted by Gasteiger charge is 2.11. The van der Waals surface area contributed by atoms with Crippen molar-refractivity contribution in [2.24, 2.45) is 0 Å². The van der Waals surface area contributed by atoms with E-state index >= 15 is 0 Å². The molecule has 0 saturated carbocycles. The van der Waals surface area contributed by atoms with Crippen LogP contribution < -0.4 is 12.4 Å². The highest BCUT2D eigenvalue weighted by molar-refractivity contribution is 5.85. The van der Waals surface area contributed by atoms with Crippen LogP contribution in [0.2, 0.25) is 0 Å². The van der Waals surface area contributed by atoms with E-state index in [2.05, 4.69) is 27.6 Å². The Morgan fingerprint density at radius 1 is 1.50 bits per heavy atom. The molecule has 0 heterocycles. The lowest BCUT2D eigenvalue weighted by Gasteiger charge is -2.27. The van der Waals surface area contributed by atoms with E-state index in [9.17, 15) is 4.79 Å². The second-order valence-electron chi connectivity index (χ2n) is 3.35. The van der Waals surface area contributed by atoms with Gasteiger partial charge >= 0.3 is 5.97 Å². The smallest absolute Gasteiger partial charge is 0.330 e. The summed E-state index contributed by atoms with van der Waals surface area (Å²) in [6.07, 6.45) is 1.19. The third-order valence-electron chi connectivity index (χ3n) is 1.96. The number of hydrogen-bond donors (Lipinski definition) is 0. The molecule has 0 aliphatic rings. The van der Waals surface area contributed by atoms with Crippen LogP contribution in [0.15, 0.2) is 12.7 Å². The highest BCUT2D eigenvalue weighted by atomic mass is 35.5. The Bertz CT molecular complexity index is 172. The van der Waals surface area contributed by atoms with E-state index < -0.39 is 0 Å². The minimum absolute atomic E-state index is 0. The Kier molecular flexibility index (Phi) is 12.9. The maximum Gasteiger partial charge on any atom is 0.330 e. The Balaban J connectivity index is -0.000000605. The average molecular weight is 244 g/mol. The summed E-state index contributed by atoms with van der Waals surface area (Å²) in [5.74, 6) is -0.342. The topological polar surface area (TPSA) is 26.3 Å². The summed E-state index contributed by atoms with van der Waals surface area (Å²) >= 11 is 0. The van der Waals surface area contributed by atoms with E-state index in [1.165, 1.54) is 6.08 Å². The second kappa shape index (κ2) is 9.31. The van der Waals surface area contributed by atoms with Crippen molar-refractivity contribution in [1.82, 2.24) is 0 Å². The molecule has 0 aliphatic carbocycles. The van der Waals surface area contributed by atoms with Gasteiger partial charge in [0.1, 0.15) is 13.2 Å². The van der Waals surface area contributed by atoms with E-state index in [0.717, 1.165) is 17.6 Å². The molecular formula is C9H19Cl2NO2. The first-order valence-electron chi connectivity index (χ1n) is 4.13. The molecule has 0 aromatic rings. The first-order valence-corrected chi connectivity index (χ1v) is 4.13. The maximum absolute atomic E-state index is 10.6. The van der Waals surface area contributed by atoms with Crippen LogP contribution in [0, 0.1) is 0 Å². The minimum atomic E-state index is -0.342. The van der Waals surface area contributed by atoms with Crippen LogP contribution in [0.4, 0.5) is 0 Å². The number of likely N-dealkylation sites (N-methyl/N-ethyl adjacent to an activating group) is 1. The molecule has 0 radical (unpaired) electrons. The monoisotopic (exact) mass is 243 g/mol. The van der Waals surface area contributed by atoms with Crippen molar-refractivity contribution in [1.29, 1.82) is 0 Å². The molecule has 5 heteroatoms. The number of quaternary nitrogens is 1. The van der Waals surface area contributed by atoms with Crippen molar-refractivity contribution in [3.05, 3.63) is 12.7 Å². The number of esters is 1. The number of hydrogen-bond acceptors (Lipinski definition) is 2. The van der Waals surface area contributed by atoms with Gasteiger partial charge in [0.05, 0.1) is 20.6 Å². The van der Waals surface area contributed by atoms with Crippen molar-refractivity contribution in [3.8, 4) is 0 Å². The normalized spacial score (nSPS) is 9.36. The molecule has 14 heavy (non-hydrogen) atoms. The van der Waals surface area contributed by atoms with Gasteiger partial charge in [-0.2, -0.15) is 0 Å². The fourth-order valence-electron chi connectivity index (χ4n) is 0.610. The van der Waals surface area contributed by atoms with Gasteiger partial charge in [0, 0.05) is 6.08 Å². The standard InChI is InChI=1S/C9H18NO2.2ClH/c1-5-9(11)12-8-7-10(3,4)6-2;;/h5H,1,6-8H2,2-4H3;2*1H/q+1;;/p-1. The molecule has 0 spiro atoms. The third-order valence-corrected chi connectivity index (χ3v) is 1.96. The van der Waals surface area contributed by atoms with Crippen molar-refractivity contribution < 1.29 is 26.4 Å². The van der Waals surface area contributed by atoms with Gasteiger partial charge in [-0.25, -0.2) is 4.79 Å². The molecule has 0 aliphatic heterocycles. The van der Waals surface area contributed by atoms with Gasteiger partial charge in [-0.1, -0.05) is 6.58 Å². The zero-order chi connectivity index (χ0) is 9.61. The van der Waals surface area contributed by atoms with E-state index in [1.807, 2.05) is 0 Å². The van der Waals surface area contributed by atoms with E-state index in [0.29, 0.717) is 6.61 Å². The Labute approximate surface area is 98.5 Å². The number of halogens is 2. The van der Waals surface area contributed by atoms with Crippen molar-refractivity contribution >= 4 is 18.4 Å². The number of ether oxygens (including phenoxy) is 1. The van der Waals surface area contributed by atoms with E-state index in [4.69, 9.17) is 4.74 Å². The van der Waals surface area contributed by atoms with Gasteiger partial charge in [-0.3, -0.25) is 0 Å². The van der Waals surface area contributed by atoms with Gasteiger partial charge in [-0.15, -0.1) is 12.4 Å². The van der Waals surface area contributed by atoms with E-state index in [1.54, 1.807) is 0 Å². The van der Waals surface area contributed by atoms with Crippen LogP contribution in [0.1, 0.15) is 6.92 Å². The largest absolute Gasteiger partial charge is 1.00 e. The minimum Gasteiger partial charge on any atom is -1.00 e. The molecule has 86 valence electrons. The van der Waals surface area contributed by atoms with Crippen molar-refractivity contribution in [2.75, 3.05) is 33.8 Å².